The van der Waals surface area contributed by atoms with E-state index in [0.29, 0.717) is 11.4 Å². The number of phenols is 2. The summed E-state index contributed by atoms with van der Waals surface area (Å²) in [6, 6.07) is 15.8. The molecule has 158 valence electrons. The van der Waals surface area contributed by atoms with E-state index in [1.807, 2.05) is 26.0 Å². The van der Waals surface area contributed by atoms with Crippen molar-refractivity contribution in [3.8, 4) is 11.5 Å². The molecule has 0 aliphatic heterocycles. The highest BCUT2D eigenvalue weighted by atomic mass is 16.3. The number of anilines is 2. The Balaban J connectivity index is 2.12. The molecule has 0 saturated heterocycles. The summed E-state index contributed by atoms with van der Waals surface area (Å²) in [4.78, 5) is 0. The first-order chi connectivity index (χ1) is 13.9. The van der Waals surface area contributed by atoms with Crippen LogP contribution in [0.15, 0.2) is 48.5 Å². The summed E-state index contributed by atoms with van der Waals surface area (Å²) in [5, 5.41) is 19.9. The molecule has 30 heavy (non-hydrogen) atoms. The lowest BCUT2D eigenvalue weighted by Gasteiger charge is -2.33. The summed E-state index contributed by atoms with van der Waals surface area (Å²) in [7, 11) is 0. The number of phenolic OH excluding ortho intramolecular Hbond substituents is 2. The number of hydrogen-bond acceptors (Lipinski definition) is 4. The smallest absolute Gasteiger partial charge is 0.138 e. The molecule has 0 spiro atoms. The van der Waals surface area contributed by atoms with E-state index >= 15 is 0 Å². The predicted molar refractivity (Wildman–Crippen MR) is 125 cm³/mol. The molecule has 0 atom stereocenters. The molecular weight excluding hydrogens is 372 g/mol. The Hall–Kier alpha value is -3.14. The van der Waals surface area contributed by atoms with Crippen molar-refractivity contribution in [3.05, 3.63) is 81.9 Å². The van der Waals surface area contributed by atoms with Crippen molar-refractivity contribution in [1.29, 1.82) is 0 Å². The molecule has 0 aliphatic rings. The Labute approximate surface area is 179 Å². The fourth-order valence-electron chi connectivity index (χ4n) is 4.39. The van der Waals surface area contributed by atoms with Crippen LogP contribution >= 0.6 is 0 Å². The minimum absolute atomic E-state index is 0.113. The molecule has 3 aromatic carbocycles. The fourth-order valence-corrected chi connectivity index (χ4v) is 4.39. The number of hydrogen-bond donors (Lipinski definition) is 4. The van der Waals surface area contributed by atoms with Crippen molar-refractivity contribution in [2.75, 3.05) is 11.5 Å². The standard InChI is InChI=1S/C26H32N2O2/c1-15-19(10-12-21(29)23(15)27)25(3,4)17-8-7-9-18(14-17)26(5,6)20-11-13-22(30)24(28)16(20)2/h7-14,29-30H,27-28H2,1-6H3. The van der Waals surface area contributed by atoms with Crippen molar-refractivity contribution < 1.29 is 10.2 Å². The summed E-state index contributed by atoms with van der Waals surface area (Å²) in [6.07, 6.45) is 0. The monoisotopic (exact) mass is 404 g/mol. The SMILES string of the molecule is Cc1c(C(C)(C)c2cccc(C(C)(C)c3ccc(O)c(N)c3C)c2)ccc(O)c1N. The molecule has 6 N–H and O–H groups in total. The molecule has 3 aromatic rings. The third-order valence-electron chi connectivity index (χ3n) is 6.64. The zero-order chi connectivity index (χ0) is 22.4. The molecule has 0 amide bonds. The van der Waals surface area contributed by atoms with Crippen LogP contribution in [0, 0.1) is 13.8 Å². The molecule has 4 nitrogen and oxygen atoms in total. The Morgan fingerprint density at radius 3 is 1.37 bits per heavy atom. The van der Waals surface area contributed by atoms with E-state index < -0.39 is 0 Å². The summed E-state index contributed by atoms with van der Waals surface area (Å²) < 4.78 is 0. The molecular formula is C26H32N2O2. The van der Waals surface area contributed by atoms with Gasteiger partial charge < -0.3 is 21.7 Å². The average Bonchev–Trinajstić information content (AvgIpc) is 2.70. The van der Waals surface area contributed by atoms with Gasteiger partial charge in [0.05, 0.1) is 11.4 Å². The number of rotatable bonds is 4. The summed E-state index contributed by atoms with van der Waals surface area (Å²) >= 11 is 0. The van der Waals surface area contributed by atoms with Gasteiger partial charge >= 0.3 is 0 Å². The van der Waals surface area contributed by atoms with E-state index in [0.717, 1.165) is 33.4 Å². The molecule has 0 radical (unpaired) electrons. The molecule has 0 fully saturated rings. The van der Waals surface area contributed by atoms with E-state index in [1.54, 1.807) is 12.1 Å². The highest BCUT2D eigenvalue weighted by Gasteiger charge is 2.30. The Bertz CT molecular complexity index is 1030. The van der Waals surface area contributed by atoms with Crippen molar-refractivity contribution in [3.63, 3.8) is 0 Å². The summed E-state index contributed by atoms with van der Waals surface area (Å²) in [5.41, 5.74) is 18.7. The van der Waals surface area contributed by atoms with E-state index in [9.17, 15) is 10.2 Å². The fraction of sp³-hybridized carbons (Fsp3) is 0.308. The van der Waals surface area contributed by atoms with Gasteiger partial charge in [-0.1, -0.05) is 64.1 Å². The predicted octanol–water partition coefficient (Wildman–Crippen LogP) is 5.53. The first kappa shape index (κ1) is 21.6. The number of aromatic hydroxyl groups is 2. The Morgan fingerprint density at radius 2 is 1.00 bits per heavy atom. The zero-order valence-corrected chi connectivity index (χ0v) is 18.7. The first-order valence-corrected chi connectivity index (χ1v) is 10.2. The normalized spacial score (nSPS) is 12.2. The van der Waals surface area contributed by atoms with E-state index in [2.05, 4.69) is 52.0 Å². The first-order valence-electron chi connectivity index (χ1n) is 10.2. The highest BCUT2D eigenvalue weighted by Crippen LogP contribution is 2.42. The lowest BCUT2D eigenvalue weighted by molar-refractivity contribution is 0.476. The van der Waals surface area contributed by atoms with Crippen LogP contribution in [0.25, 0.3) is 0 Å². The van der Waals surface area contributed by atoms with Crippen molar-refractivity contribution >= 4 is 11.4 Å². The van der Waals surface area contributed by atoms with Gasteiger partial charge in [0, 0.05) is 10.8 Å². The second-order valence-electron chi connectivity index (χ2n) is 9.17. The molecule has 4 heteroatoms. The van der Waals surface area contributed by atoms with E-state index in [1.165, 1.54) is 0 Å². The largest absolute Gasteiger partial charge is 0.506 e. The van der Waals surface area contributed by atoms with Gasteiger partial charge in [-0.2, -0.15) is 0 Å². The molecule has 0 bridgehead atoms. The van der Waals surface area contributed by atoms with Crippen LogP contribution in [0.3, 0.4) is 0 Å². The maximum atomic E-state index is 9.95. The second kappa shape index (κ2) is 7.28. The van der Waals surface area contributed by atoms with Gasteiger partial charge in [0.25, 0.3) is 0 Å². The third-order valence-corrected chi connectivity index (χ3v) is 6.64. The van der Waals surface area contributed by atoms with E-state index in [-0.39, 0.29) is 22.3 Å². The molecule has 0 unspecified atom stereocenters. The number of nitrogens with two attached hydrogens (primary N) is 2. The topological polar surface area (TPSA) is 92.5 Å². The molecule has 3 rings (SSSR count). The van der Waals surface area contributed by atoms with Crippen molar-refractivity contribution in [2.24, 2.45) is 0 Å². The zero-order valence-electron chi connectivity index (χ0n) is 18.7. The average molecular weight is 405 g/mol. The van der Waals surface area contributed by atoms with E-state index in [4.69, 9.17) is 11.5 Å². The molecule has 0 heterocycles. The summed E-state index contributed by atoms with van der Waals surface area (Å²) in [6.45, 7) is 12.6. The number of benzene rings is 3. The quantitative estimate of drug-likeness (QED) is 0.340. The van der Waals surface area contributed by atoms with Gasteiger partial charge in [0.2, 0.25) is 0 Å². The maximum Gasteiger partial charge on any atom is 0.138 e. The van der Waals surface area contributed by atoms with Gasteiger partial charge in [-0.05, 0) is 59.4 Å². The summed E-state index contributed by atoms with van der Waals surface area (Å²) in [5.74, 6) is 0.227. The van der Waals surface area contributed by atoms with Crippen molar-refractivity contribution in [2.45, 2.75) is 52.4 Å². The van der Waals surface area contributed by atoms with Crippen LogP contribution in [0.2, 0.25) is 0 Å². The van der Waals surface area contributed by atoms with Crippen LogP contribution in [0.1, 0.15) is 61.1 Å². The van der Waals surface area contributed by atoms with Crippen LogP contribution < -0.4 is 11.5 Å². The van der Waals surface area contributed by atoms with Crippen LogP contribution in [-0.2, 0) is 10.8 Å². The molecule has 0 saturated carbocycles. The van der Waals surface area contributed by atoms with Crippen molar-refractivity contribution in [1.82, 2.24) is 0 Å². The minimum atomic E-state index is -0.305. The second-order valence-corrected chi connectivity index (χ2v) is 9.17. The van der Waals surface area contributed by atoms with Crippen LogP contribution in [0.5, 0.6) is 11.5 Å². The lowest BCUT2D eigenvalue weighted by Crippen LogP contribution is -2.24. The molecule has 0 aromatic heterocycles. The molecule has 0 aliphatic carbocycles. The third kappa shape index (κ3) is 3.36. The van der Waals surface area contributed by atoms with Crippen LogP contribution in [-0.4, -0.2) is 10.2 Å². The Kier molecular flexibility index (Phi) is 5.23. The van der Waals surface area contributed by atoms with Gasteiger partial charge in [-0.25, -0.2) is 0 Å². The van der Waals surface area contributed by atoms with Gasteiger partial charge in [-0.15, -0.1) is 0 Å². The van der Waals surface area contributed by atoms with Gasteiger partial charge in [0.15, 0.2) is 0 Å². The van der Waals surface area contributed by atoms with Crippen LogP contribution in [0.4, 0.5) is 11.4 Å². The Morgan fingerprint density at radius 1 is 0.633 bits per heavy atom. The van der Waals surface area contributed by atoms with Gasteiger partial charge in [-0.3, -0.25) is 0 Å². The van der Waals surface area contributed by atoms with Gasteiger partial charge in [0.1, 0.15) is 11.5 Å². The lowest BCUT2D eigenvalue weighted by atomic mass is 9.71. The highest BCUT2D eigenvalue weighted by molar-refractivity contribution is 5.64. The minimum Gasteiger partial charge on any atom is -0.506 e. The number of nitrogen functional groups attached to an aromatic ring is 2. The maximum absolute atomic E-state index is 9.95.